The largest absolute Gasteiger partial charge is 0.378 e. The van der Waals surface area contributed by atoms with Crippen LogP contribution in [0.25, 0.3) is 0 Å². The predicted molar refractivity (Wildman–Crippen MR) is 135 cm³/mol. The molecule has 214 valence electrons. The first kappa shape index (κ1) is 30.5. The highest BCUT2D eigenvalue weighted by molar-refractivity contribution is 6.23. The van der Waals surface area contributed by atoms with Crippen molar-refractivity contribution in [2.45, 2.75) is 25.3 Å². The molecule has 1 aromatic rings. The normalized spacial score (nSPS) is 17.1. The van der Waals surface area contributed by atoms with E-state index in [4.69, 9.17) is 29.4 Å². The van der Waals surface area contributed by atoms with Crippen LogP contribution in [-0.2, 0) is 44.5 Å². The van der Waals surface area contributed by atoms with Gasteiger partial charge in [-0.3, -0.25) is 34.2 Å². The minimum absolute atomic E-state index is 0.0169. The van der Waals surface area contributed by atoms with Gasteiger partial charge in [0.05, 0.1) is 70.6 Å². The first-order valence-corrected chi connectivity index (χ1v) is 12.9. The summed E-state index contributed by atoms with van der Waals surface area (Å²) in [7, 11) is 0. The molecule has 0 radical (unpaired) electrons. The Hall–Kier alpha value is -3.07. The lowest BCUT2D eigenvalue weighted by molar-refractivity contribution is -0.136. The van der Waals surface area contributed by atoms with E-state index in [9.17, 15) is 24.0 Å². The Balaban J connectivity index is 1.28. The van der Waals surface area contributed by atoms with E-state index in [0.717, 1.165) is 4.90 Å². The number of imide groups is 2. The van der Waals surface area contributed by atoms with Crippen molar-refractivity contribution in [2.24, 2.45) is 5.73 Å². The van der Waals surface area contributed by atoms with Gasteiger partial charge >= 0.3 is 0 Å². The molecular formula is C26H35N3O10. The van der Waals surface area contributed by atoms with Crippen LogP contribution in [0.2, 0.25) is 0 Å². The smallest absolute Gasteiger partial charge is 0.262 e. The van der Waals surface area contributed by atoms with Crippen LogP contribution in [0.4, 0.5) is 0 Å². The van der Waals surface area contributed by atoms with Gasteiger partial charge in [0.25, 0.3) is 11.8 Å². The van der Waals surface area contributed by atoms with Crippen molar-refractivity contribution in [1.82, 2.24) is 10.2 Å². The quantitative estimate of drug-likeness (QED) is 0.164. The highest BCUT2D eigenvalue weighted by Crippen LogP contribution is 2.28. The lowest BCUT2D eigenvalue weighted by Crippen LogP contribution is -2.54. The SMILES string of the molecule is NCCOCCOCCOCCOCCOCC(=O)Cc1ccc2c(c1)C(=O)N(C1CCC(=O)NC1=O)C2=O. The van der Waals surface area contributed by atoms with E-state index < -0.39 is 29.7 Å². The van der Waals surface area contributed by atoms with Gasteiger partial charge in [0.1, 0.15) is 12.6 Å². The monoisotopic (exact) mass is 549 g/mol. The van der Waals surface area contributed by atoms with E-state index in [1.807, 2.05) is 0 Å². The van der Waals surface area contributed by atoms with E-state index >= 15 is 0 Å². The molecule has 1 saturated heterocycles. The van der Waals surface area contributed by atoms with Gasteiger partial charge in [-0.25, -0.2) is 0 Å². The van der Waals surface area contributed by atoms with Crippen molar-refractivity contribution in [1.29, 1.82) is 0 Å². The Kier molecular flexibility index (Phi) is 12.6. The molecule has 4 amide bonds. The summed E-state index contributed by atoms with van der Waals surface area (Å²) >= 11 is 0. The molecule has 13 heteroatoms. The maximum Gasteiger partial charge on any atom is 0.262 e. The van der Waals surface area contributed by atoms with Gasteiger partial charge in [-0.15, -0.1) is 0 Å². The average molecular weight is 550 g/mol. The molecule has 39 heavy (non-hydrogen) atoms. The number of fused-ring (bicyclic) bond motifs is 1. The molecule has 1 fully saturated rings. The summed E-state index contributed by atoms with van der Waals surface area (Å²) in [6.45, 7) is 4.11. The summed E-state index contributed by atoms with van der Waals surface area (Å²) in [4.78, 5) is 62.4. The van der Waals surface area contributed by atoms with Gasteiger partial charge in [0.2, 0.25) is 11.8 Å². The van der Waals surface area contributed by atoms with Crippen LogP contribution in [0.3, 0.4) is 0 Å². The zero-order valence-electron chi connectivity index (χ0n) is 21.8. The van der Waals surface area contributed by atoms with Crippen LogP contribution in [0.5, 0.6) is 0 Å². The van der Waals surface area contributed by atoms with E-state index in [-0.39, 0.29) is 49.4 Å². The van der Waals surface area contributed by atoms with Crippen molar-refractivity contribution in [3.8, 4) is 0 Å². The number of nitrogens with one attached hydrogen (secondary N) is 1. The third-order valence-electron chi connectivity index (χ3n) is 5.92. The second-order valence-electron chi connectivity index (χ2n) is 8.83. The van der Waals surface area contributed by atoms with Gasteiger partial charge < -0.3 is 29.4 Å². The van der Waals surface area contributed by atoms with E-state index in [2.05, 4.69) is 5.32 Å². The van der Waals surface area contributed by atoms with E-state index in [1.165, 1.54) is 12.1 Å². The van der Waals surface area contributed by atoms with Crippen LogP contribution in [0.15, 0.2) is 18.2 Å². The number of amides is 4. The van der Waals surface area contributed by atoms with Crippen LogP contribution in [0.1, 0.15) is 39.1 Å². The number of carbonyl (C=O) groups excluding carboxylic acids is 5. The first-order valence-electron chi connectivity index (χ1n) is 12.9. The second kappa shape index (κ2) is 16.1. The number of nitrogens with two attached hydrogens (primary N) is 1. The number of ketones is 1. The topological polar surface area (TPSA) is 173 Å². The van der Waals surface area contributed by atoms with Crippen molar-refractivity contribution in [2.75, 3.05) is 72.6 Å². The molecule has 0 saturated carbocycles. The standard InChI is InChI=1S/C26H35N3O10/c27-5-6-35-7-8-36-9-10-37-11-12-38-13-14-39-17-19(30)15-18-1-2-20-21(16-18)26(34)29(25(20)33)22-3-4-23(31)28-24(22)32/h1-2,16,22H,3-15,17,27H2,(H,28,31,32). The number of hydrogen-bond donors (Lipinski definition) is 2. The van der Waals surface area contributed by atoms with Crippen LogP contribution in [0, 0.1) is 0 Å². The summed E-state index contributed by atoms with van der Waals surface area (Å²) in [6, 6.07) is 3.53. The Morgan fingerprint density at radius 3 is 1.97 bits per heavy atom. The molecule has 1 unspecified atom stereocenters. The van der Waals surface area contributed by atoms with Crippen molar-refractivity contribution >= 4 is 29.4 Å². The molecule has 0 bridgehead atoms. The number of Topliss-reactive ketones (excluding diaryl/α,β-unsaturated/α-hetero) is 1. The lowest BCUT2D eigenvalue weighted by atomic mass is 10.0. The maximum absolute atomic E-state index is 12.9. The summed E-state index contributed by atoms with van der Waals surface area (Å²) in [6.07, 6.45) is 0.144. The molecule has 0 spiro atoms. The van der Waals surface area contributed by atoms with Gasteiger partial charge in [0.15, 0.2) is 5.78 Å². The fourth-order valence-electron chi connectivity index (χ4n) is 4.06. The fraction of sp³-hybridized carbons (Fsp3) is 0.577. The number of piperidine rings is 1. The van der Waals surface area contributed by atoms with E-state index in [0.29, 0.717) is 65.0 Å². The molecule has 1 atom stereocenters. The van der Waals surface area contributed by atoms with Crippen LogP contribution < -0.4 is 11.1 Å². The Bertz CT molecular complexity index is 1030. The molecule has 3 N–H and O–H groups in total. The molecule has 2 aliphatic rings. The van der Waals surface area contributed by atoms with Crippen molar-refractivity contribution in [3.05, 3.63) is 34.9 Å². The highest BCUT2D eigenvalue weighted by atomic mass is 16.6. The molecule has 0 aliphatic carbocycles. The zero-order valence-corrected chi connectivity index (χ0v) is 21.8. The Morgan fingerprint density at radius 1 is 0.821 bits per heavy atom. The summed E-state index contributed by atoms with van der Waals surface area (Å²) in [5.74, 6) is -2.51. The van der Waals surface area contributed by atoms with Gasteiger partial charge in [-0.1, -0.05) is 6.07 Å². The minimum atomic E-state index is -1.03. The molecule has 13 nitrogen and oxygen atoms in total. The number of ether oxygens (including phenoxy) is 5. The first-order chi connectivity index (χ1) is 18.9. The van der Waals surface area contributed by atoms with Crippen molar-refractivity contribution < 1.29 is 47.7 Å². The third kappa shape index (κ3) is 9.27. The molecular weight excluding hydrogens is 514 g/mol. The number of rotatable bonds is 19. The Morgan fingerprint density at radius 2 is 1.38 bits per heavy atom. The van der Waals surface area contributed by atoms with Crippen LogP contribution in [-0.4, -0.2) is 113 Å². The average Bonchev–Trinajstić information content (AvgIpc) is 3.15. The van der Waals surface area contributed by atoms with E-state index in [1.54, 1.807) is 6.07 Å². The molecule has 2 aliphatic heterocycles. The molecule has 2 heterocycles. The van der Waals surface area contributed by atoms with Crippen LogP contribution >= 0.6 is 0 Å². The number of benzene rings is 1. The van der Waals surface area contributed by atoms with Crippen molar-refractivity contribution in [3.63, 3.8) is 0 Å². The number of carbonyl (C=O) groups is 5. The minimum Gasteiger partial charge on any atom is -0.378 e. The maximum atomic E-state index is 12.9. The lowest BCUT2D eigenvalue weighted by Gasteiger charge is -2.27. The molecule has 0 aromatic heterocycles. The number of hydrogen-bond acceptors (Lipinski definition) is 11. The molecule has 3 rings (SSSR count). The molecule has 1 aromatic carbocycles. The zero-order chi connectivity index (χ0) is 28.0. The second-order valence-corrected chi connectivity index (χ2v) is 8.83. The summed E-state index contributed by atoms with van der Waals surface area (Å²) in [5, 5.41) is 2.16. The highest BCUT2D eigenvalue weighted by Gasteiger charge is 2.44. The third-order valence-corrected chi connectivity index (χ3v) is 5.92. The van der Waals surface area contributed by atoms with Gasteiger partial charge in [-0.2, -0.15) is 0 Å². The Labute approximate surface area is 226 Å². The fourth-order valence-corrected chi connectivity index (χ4v) is 4.06. The summed E-state index contributed by atoms with van der Waals surface area (Å²) in [5.41, 5.74) is 6.16. The number of nitrogens with zero attached hydrogens (tertiary/aromatic N) is 1. The predicted octanol–water partition coefficient (Wildman–Crippen LogP) is -0.759. The van der Waals surface area contributed by atoms with Gasteiger partial charge in [-0.05, 0) is 24.1 Å². The summed E-state index contributed by atoms with van der Waals surface area (Å²) < 4.78 is 26.7. The van der Waals surface area contributed by atoms with Gasteiger partial charge in [0, 0.05) is 19.4 Å².